The van der Waals surface area contributed by atoms with Crippen LogP contribution in [0.15, 0.2) is 65.6 Å². The van der Waals surface area contributed by atoms with Crippen LogP contribution < -0.4 is 0 Å². The summed E-state index contributed by atoms with van der Waals surface area (Å²) >= 11 is 0. The van der Waals surface area contributed by atoms with Crippen molar-refractivity contribution in [2.24, 2.45) is 0 Å². The molecule has 1 aliphatic rings. The zero-order valence-corrected chi connectivity index (χ0v) is 18.9. The van der Waals surface area contributed by atoms with Gasteiger partial charge in [-0.2, -0.15) is 0 Å². The van der Waals surface area contributed by atoms with Gasteiger partial charge in [0, 0.05) is 52.4 Å². The van der Waals surface area contributed by atoms with Gasteiger partial charge in [0.1, 0.15) is 0 Å². The summed E-state index contributed by atoms with van der Waals surface area (Å²) in [7, 11) is -0.507. The highest BCUT2D eigenvalue weighted by Crippen LogP contribution is 2.16. The van der Waals surface area contributed by atoms with Crippen LogP contribution in [0.2, 0.25) is 0 Å². The Morgan fingerprint density at radius 2 is 1.57 bits per heavy atom. The number of sulfonamides is 1. The van der Waals surface area contributed by atoms with Crippen molar-refractivity contribution in [2.75, 3.05) is 46.8 Å². The van der Waals surface area contributed by atoms with Crippen LogP contribution in [0.1, 0.15) is 15.9 Å². The first-order valence-corrected chi connectivity index (χ1v) is 11.1. The van der Waals surface area contributed by atoms with E-state index < -0.39 is 10.0 Å². The standard InChI is InChI=1S/C22H27N3O3S.ClH/c1-23(2)29(27,28)21-12-10-20(11-13-21)22(26)25-17-15-24(16-18-25)14-6-9-19-7-4-3-5-8-19;/h3-13H,14-18H2,1-2H3;1H/b9-6+;. The number of halogens is 1. The van der Waals surface area contributed by atoms with E-state index >= 15 is 0 Å². The van der Waals surface area contributed by atoms with Crippen molar-refractivity contribution in [1.29, 1.82) is 0 Å². The lowest BCUT2D eigenvalue weighted by molar-refractivity contribution is 0.0650. The van der Waals surface area contributed by atoms with E-state index in [9.17, 15) is 13.2 Å². The van der Waals surface area contributed by atoms with Crippen molar-refractivity contribution in [2.45, 2.75) is 4.90 Å². The molecule has 0 spiro atoms. The monoisotopic (exact) mass is 449 g/mol. The van der Waals surface area contributed by atoms with Gasteiger partial charge in [0.15, 0.2) is 0 Å². The fourth-order valence-electron chi connectivity index (χ4n) is 3.20. The third-order valence-corrected chi connectivity index (χ3v) is 6.84. The highest BCUT2D eigenvalue weighted by molar-refractivity contribution is 7.89. The molecule has 6 nitrogen and oxygen atoms in total. The summed E-state index contributed by atoms with van der Waals surface area (Å²) in [6, 6.07) is 16.4. The summed E-state index contributed by atoms with van der Waals surface area (Å²) in [6.07, 6.45) is 4.26. The molecule has 0 bridgehead atoms. The van der Waals surface area contributed by atoms with Gasteiger partial charge in [-0.3, -0.25) is 9.69 Å². The van der Waals surface area contributed by atoms with Crippen molar-refractivity contribution in [3.63, 3.8) is 0 Å². The van der Waals surface area contributed by atoms with Gasteiger partial charge in [0.05, 0.1) is 4.90 Å². The van der Waals surface area contributed by atoms with Gasteiger partial charge in [-0.25, -0.2) is 12.7 Å². The third kappa shape index (κ3) is 5.92. The first-order chi connectivity index (χ1) is 13.9. The van der Waals surface area contributed by atoms with E-state index in [1.54, 1.807) is 12.1 Å². The van der Waals surface area contributed by atoms with Gasteiger partial charge in [-0.1, -0.05) is 42.5 Å². The van der Waals surface area contributed by atoms with Crippen molar-refractivity contribution < 1.29 is 13.2 Å². The Bertz CT molecular complexity index is 953. The molecule has 0 atom stereocenters. The van der Waals surface area contributed by atoms with Crippen LogP contribution in [-0.4, -0.2) is 75.2 Å². The number of hydrogen-bond donors (Lipinski definition) is 0. The van der Waals surface area contributed by atoms with Gasteiger partial charge in [-0.15, -0.1) is 12.4 Å². The van der Waals surface area contributed by atoms with Crippen molar-refractivity contribution in [3.8, 4) is 0 Å². The highest BCUT2D eigenvalue weighted by atomic mass is 35.5. The third-order valence-electron chi connectivity index (χ3n) is 5.01. The van der Waals surface area contributed by atoms with Crippen LogP contribution in [0.3, 0.4) is 0 Å². The highest BCUT2D eigenvalue weighted by Gasteiger charge is 2.23. The van der Waals surface area contributed by atoms with E-state index in [1.807, 2.05) is 23.1 Å². The summed E-state index contributed by atoms with van der Waals surface area (Å²) in [5, 5.41) is 0. The molecular weight excluding hydrogens is 422 g/mol. The molecule has 1 saturated heterocycles. The van der Waals surface area contributed by atoms with E-state index in [4.69, 9.17) is 0 Å². The maximum absolute atomic E-state index is 12.7. The molecule has 30 heavy (non-hydrogen) atoms. The summed E-state index contributed by atoms with van der Waals surface area (Å²) in [4.78, 5) is 17.1. The molecule has 0 radical (unpaired) electrons. The predicted molar refractivity (Wildman–Crippen MR) is 122 cm³/mol. The molecule has 1 amide bonds. The van der Waals surface area contributed by atoms with Crippen molar-refractivity contribution in [1.82, 2.24) is 14.1 Å². The van der Waals surface area contributed by atoms with Crippen LogP contribution in [-0.2, 0) is 10.0 Å². The predicted octanol–water partition coefficient (Wildman–Crippen LogP) is 2.83. The van der Waals surface area contributed by atoms with Crippen molar-refractivity contribution >= 4 is 34.4 Å². The molecule has 0 aromatic heterocycles. The molecule has 1 fully saturated rings. The summed E-state index contributed by atoms with van der Waals surface area (Å²) in [5.41, 5.74) is 1.70. The quantitative estimate of drug-likeness (QED) is 0.680. The van der Waals surface area contributed by atoms with Crippen LogP contribution in [0.25, 0.3) is 6.08 Å². The van der Waals surface area contributed by atoms with Gasteiger partial charge < -0.3 is 4.90 Å². The molecule has 162 valence electrons. The van der Waals surface area contributed by atoms with Crippen LogP contribution in [0, 0.1) is 0 Å². The first-order valence-electron chi connectivity index (χ1n) is 9.64. The molecule has 0 unspecified atom stereocenters. The minimum atomic E-state index is -3.49. The molecule has 2 aromatic rings. The fraction of sp³-hybridized carbons (Fsp3) is 0.318. The minimum Gasteiger partial charge on any atom is -0.336 e. The molecular formula is C22H28ClN3O3S. The Hall–Kier alpha value is -2.19. The molecule has 8 heteroatoms. The average molecular weight is 450 g/mol. The Kier molecular flexibility index (Phi) is 8.61. The van der Waals surface area contributed by atoms with Gasteiger partial charge >= 0.3 is 0 Å². The lowest BCUT2D eigenvalue weighted by Gasteiger charge is -2.34. The second-order valence-corrected chi connectivity index (χ2v) is 9.37. The Labute approximate surface area is 185 Å². The summed E-state index contributed by atoms with van der Waals surface area (Å²) in [5.74, 6) is -0.0571. The Morgan fingerprint density at radius 3 is 2.13 bits per heavy atom. The summed E-state index contributed by atoms with van der Waals surface area (Å²) < 4.78 is 25.5. The summed E-state index contributed by atoms with van der Waals surface area (Å²) in [6.45, 7) is 3.81. The lowest BCUT2D eigenvalue weighted by atomic mass is 10.2. The van der Waals surface area contributed by atoms with Crippen LogP contribution >= 0.6 is 12.4 Å². The number of benzene rings is 2. The number of amides is 1. The number of rotatable bonds is 6. The molecule has 0 aliphatic carbocycles. The van der Waals surface area contributed by atoms with E-state index in [-0.39, 0.29) is 23.2 Å². The minimum absolute atomic E-state index is 0. The molecule has 2 aromatic carbocycles. The van der Waals surface area contributed by atoms with Gasteiger partial charge in [-0.05, 0) is 29.8 Å². The normalized spacial score (nSPS) is 15.4. The molecule has 3 rings (SSSR count). The number of hydrogen-bond acceptors (Lipinski definition) is 4. The average Bonchev–Trinajstić information content (AvgIpc) is 2.74. The molecule has 1 aliphatic heterocycles. The van der Waals surface area contributed by atoms with E-state index in [0.717, 1.165) is 23.9 Å². The molecule has 1 heterocycles. The van der Waals surface area contributed by atoms with Gasteiger partial charge in [0.25, 0.3) is 5.91 Å². The SMILES string of the molecule is CN(C)S(=O)(=O)c1ccc(C(=O)N2CCN(C/C=C/c3ccccc3)CC2)cc1.Cl. The topological polar surface area (TPSA) is 60.9 Å². The molecule has 0 N–H and O–H groups in total. The molecule has 0 saturated carbocycles. The number of piperazine rings is 1. The second kappa shape index (κ2) is 10.7. The first kappa shape index (κ1) is 24.1. The number of carbonyl (C=O) groups excluding carboxylic acids is 1. The maximum Gasteiger partial charge on any atom is 0.253 e. The van der Waals surface area contributed by atoms with Crippen LogP contribution in [0.4, 0.5) is 0 Å². The van der Waals surface area contributed by atoms with Gasteiger partial charge in [0.2, 0.25) is 10.0 Å². The number of nitrogens with zero attached hydrogens (tertiary/aromatic N) is 3. The Morgan fingerprint density at radius 1 is 0.967 bits per heavy atom. The van der Waals surface area contributed by atoms with E-state index in [2.05, 4.69) is 29.2 Å². The zero-order valence-electron chi connectivity index (χ0n) is 17.3. The Balaban J connectivity index is 0.00000320. The maximum atomic E-state index is 12.7. The largest absolute Gasteiger partial charge is 0.336 e. The van der Waals surface area contributed by atoms with E-state index in [1.165, 1.54) is 31.8 Å². The number of carbonyl (C=O) groups is 1. The van der Waals surface area contributed by atoms with Crippen LogP contribution in [0.5, 0.6) is 0 Å². The van der Waals surface area contributed by atoms with Crippen molar-refractivity contribution in [3.05, 3.63) is 71.8 Å². The zero-order chi connectivity index (χ0) is 20.9. The second-order valence-electron chi connectivity index (χ2n) is 7.22. The lowest BCUT2D eigenvalue weighted by Crippen LogP contribution is -2.48. The fourth-order valence-corrected chi connectivity index (χ4v) is 4.10. The van der Waals surface area contributed by atoms with E-state index in [0.29, 0.717) is 18.7 Å². The smallest absolute Gasteiger partial charge is 0.253 e.